The van der Waals surface area contributed by atoms with Crippen LogP contribution in [-0.2, 0) is 9.47 Å². The van der Waals surface area contributed by atoms with Gasteiger partial charge in [0.2, 0.25) is 0 Å². The fourth-order valence-corrected chi connectivity index (χ4v) is 3.65. The highest BCUT2D eigenvalue weighted by atomic mass is 127. The molecular weight excluding hydrogens is 419 g/mol. The third-order valence-electron chi connectivity index (χ3n) is 5.19. The molecule has 142 valence electrons. The Morgan fingerprint density at radius 2 is 2.08 bits per heavy atom. The van der Waals surface area contributed by atoms with E-state index in [0.717, 1.165) is 51.8 Å². The molecule has 6 nitrogen and oxygen atoms in total. The first kappa shape index (κ1) is 21.9. The van der Waals surface area contributed by atoms with Crippen LogP contribution in [-0.4, -0.2) is 77.6 Å². The molecule has 0 aromatic carbocycles. The van der Waals surface area contributed by atoms with Crippen molar-refractivity contribution in [3.8, 4) is 0 Å². The van der Waals surface area contributed by atoms with Crippen LogP contribution in [0, 0.1) is 5.41 Å². The van der Waals surface area contributed by atoms with Crippen molar-refractivity contribution in [2.45, 2.75) is 38.2 Å². The normalized spacial score (nSPS) is 24.5. The van der Waals surface area contributed by atoms with Gasteiger partial charge in [-0.1, -0.05) is 12.8 Å². The van der Waals surface area contributed by atoms with Gasteiger partial charge < -0.3 is 25.0 Å². The fourth-order valence-electron chi connectivity index (χ4n) is 3.65. The summed E-state index contributed by atoms with van der Waals surface area (Å²) in [6, 6.07) is 0. The van der Waals surface area contributed by atoms with Crippen molar-refractivity contribution < 1.29 is 9.47 Å². The Bertz CT molecular complexity index is 376. The lowest BCUT2D eigenvalue weighted by Gasteiger charge is -2.32. The lowest BCUT2D eigenvalue weighted by atomic mass is 9.83. The summed E-state index contributed by atoms with van der Waals surface area (Å²) in [6.45, 7) is 5.43. The first-order valence-corrected chi connectivity index (χ1v) is 8.91. The predicted molar refractivity (Wildman–Crippen MR) is 109 cm³/mol. The van der Waals surface area contributed by atoms with Gasteiger partial charge in [0.05, 0.1) is 12.7 Å². The fraction of sp³-hybridized carbons (Fsp3) is 0.941. The van der Waals surface area contributed by atoms with E-state index in [2.05, 4.69) is 27.6 Å². The van der Waals surface area contributed by atoms with Crippen molar-refractivity contribution >= 4 is 29.9 Å². The average molecular weight is 454 g/mol. The maximum Gasteiger partial charge on any atom is 0.191 e. The molecule has 0 radical (unpaired) electrons. The van der Waals surface area contributed by atoms with E-state index in [9.17, 15) is 0 Å². The number of ether oxygens (including phenoxy) is 2. The number of halogens is 1. The highest BCUT2D eigenvalue weighted by Crippen LogP contribution is 2.40. The molecular formula is C17H35IN4O2. The van der Waals surface area contributed by atoms with Crippen LogP contribution in [0.5, 0.6) is 0 Å². The zero-order chi connectivity index (χ0) is 16.5. The highest BCUT2D eigenvalue weighted by molar-refractivity contribution is 14.0. The maximum absolute atomic E-state index is 5.79. The molecule has 0 spiro atoms. The van der Waals surface area contributed by atoms with Gasteiger partial charge in [0, 0.05) is 46.9 Å². The first-order chi connectivity index (χ1) is 11.2. The zero-order valence-corrected chi connectivity index (χ0v) is 17.8. The monoisotopic (exact) mass is 454 g/mol. The summed E-state index contributed by atoms with van der Waals surface area (Å²) in [4.78, 5) is 6.67. The van der Waals surface area contributed by atoms with E-state index in [-0.39, 0.29) is 30.1 Å². The second-order valence-electron chi connectivity index (χ2n) is 7.01. The molecule has 1 atom stereocenters. The lowest BCUT2D eigenvalue weighted by Crippen LogP contribution is -2.49. The summed E-state index contributed by atoms with van der Waals surface area (Å²) >= 11 is 0. The molecule has 2 aliphatic rings. The molecule has 2 N–H and O–H groups in total. The molecule has 1 saturated heterocycles. The summed E-state index contributed by atoms with van der Waals surface area (Å²) in [5.41, 5.74) is 0.370. The first-order valence-electron chi connectivity index (χ1n) is 8.91. The number of likely N-dealkylation sites (N-methyl/N-ethyl adjacent to an activating group) is 1. The topological polar surface area (TPSA) is 58.1 Å². The number of nitrogens with zero attached hydrogens (tertiary/aromatic N) is 2. The van der Waals surface area contributed by atoms with E-state index in [0.29, 0.717) is 5.41 Å². The minimum Gasteiger partial charge on any atom is -0.385 e. The molecule has 2 fully saturated rings. The summed E-state index contributed by atoms with van der Waals surface area (Å²) in [5.74, 6) is 0.880. The number of aliphatic imine (C=N–C) groups is 1. The summed E-state index contributed by atoms with van der Waals surface area (Å²) in [5, 5.41) is 6.94. The Morgan fingerprint density at radius 3 is 2.71 bits per heavy atom. The van der Waals surface area contributed by atoms with Crippen molar-refractivity contribution in [1.29, 1.82) is 0 Å². The smallest absolute Gasteiger partial charge is 0.191 e. The average Bonchev–Trinajstić information content (AvgIpc) is 3.02. The molecule has 1 saturated carbocycles. The summed E-state index contributed by atoms with van der Waals surface area (Å²) in [6.07, 6.45) is 6.61. The standard InChI is InChI=1S/C17H34N4O2.HI/c1-18-16(19-12-15-13-21(2)9-11-23-15)20-14-17(8-10-22-3)6-4-5-7-17;/h15H,4-14H2,1-3H3,(H2,18,19,20);1H. The van der Waals surface area contributed by atoms with E-state index in [1.165, 1.54) is 25.7 Å². The van der Waals surface area contributed by atoms with Gasteiger partial charge in [0.15, 0.2) is 5.96 Å². The van der Waals surface area contributed by atoms with Crippen molar-refractivity contribution in [2.75, 3.05) is 60.6 Å². The second kappa shape index (κ2) is 11.5. The molecule has 0 bridgehead atoms. The van der Waals surface area contributed by atoms with Crippen molar-refractivity contribution in [2.24, 2.45) is 10.4 Å². The van der Waals surface area contributed by atoms with E-state index < -0.39 is 0 Å². The minimum atomic E-state index is 0. The van der Waals surface area contributed by atoms with Gasteiger partial charge >= 0.3 is 0 Å². The molecule has 1 aliphatic heterocycles. The van der Waals surface area contributed by atoms with Gasteiger partial charge in [-0.15, -0.1) is 24.0 Å². The number of morpholine rings is 1. The van der Waals surface area contributed by atoms with Crippen LogP contribution in [0.15, 0.2) is 4.99 Å². The molecule has 1 heterocycles. The molecule has 0 aromatic heterocycles. The number of hydrogen-bond donors (Lipinski definition) is 2. The number of methoxy groups -OCH3 is 1. The van der Waals surface area contributed by atoms with Crippen molar-refractivity contribution in [3.63, 3.8) is 0 Å². The third-order valence-corrected chi connectivity index (χ3v) is 5.19. The van der Waals surface area contributed by atoms with Crippen LogP contribution in [0.1, 0.15) is 32.1 Å². The van der Waals surface area contributed by atoms with Crippen LogP contribution < -0.4 is 10.6 Å². The Hall–Kier alpha value is -0.120. The molecule has 1 aliphatic carbocycles. The van der Waals surface area contributed by atoms with E-state index in [1.807, 2.05) is 7.05 Å². The van der Waals surface area contributed by atoms with Crippen LogP contribution in [0.2, 0.25) is 0 Å². The van der Waals surface area contributed by atoms with Gasteiger partial charge in [0.25, 0.3) is 0 Å². The number of hydrogen-bond acceptors (Lipinski definition) is 4. The highest BCUT2D eigenvalue weighted by Gasteiger charge is 2.33. The van der Waals surface area contributed by atoms with Gasteiger partial charge in [-0.05, 0) is 31.7 Å². The zero-order valence-electron chi connectivity index (χ0n) is 15.5. The van der Waals surface area contributed by atoms with Crippen LogP contribution in [0.3, 0.4) is 0 Å². The lowest BCUT2D eigenvalue weighted by molar-refractivity contribution is -0.0161. The van der Waals surface area contributed by atoms with E-state index in [1.54, 1.807) is 7.11 Å². The maximum atomic E-state index is 5.79. The Morgan fingerprint density at radius 1 is 1.33 bits per heavy atom. The number of guanidine groups is 1. The molecule has 0 amide bonds. The largest absolute Gasteiger partial charge is 0.385 e. The Balaban J connectivity index is 0.00000288. The van der Waals surface area contributed by atoms with Gasteiger partial charge in [0.1, 0.15) is 0 Å². The van der Waals surface area contributed by atoms with Crippen molar-refractivity contribution in [3.05, 3.63) is 0 Å². The molecule has 2 rings (SSSR count). The third kappa shape index (κ3) is 7.01. The second-order valence-corrected chi connectivity index (χ2v) is 7.01. The molecule has 0 aromatic rings. The Labute approximate surface area is 164 Å². The minimum absolute atomic E-state index is 0. The predicted octanol–water partition coefficient (Wildman–Crippen LogP) is 1.70. The molecule has 7 heteroatoms. The van der Waals surface area contributed by atoms with Crippen LogP contribution >= 0.6 is 24.0 Å². The van der Waals surface area contributed by atoms with Crippen molar-refractivity contribution in [1.82, 2.24) is 15.5 Å². The van der Waals surface area contributed by atoms with Crippen LogP contribution in [0.4, 0.5) is 0 Å². The van der Waals surface area contributed by atoms with Gasteiger partial charge in [-0.2, -0.15) is 0 Å². The number of nitrogens with one attached hydrogen (secondary N) is 2. The molecule has 24 heavy (non-hydrogen) atoms. The summed E-state index contributed by atoms with van der Waals surface area (Å²) < 4.78 is 11.1. The number of rotatable bonds is 7. The van der Waals surface area contributed by atoms with Gasteiger partial charge in [-0.25, -0.2) is 0 Å². The molecule has 1 unspecified atom stereocenters. The SMILES string of the molecule is CN=C(NCC1CN(C)CCO1)NCC1(CCOC)CCCC1.I. The Kier molecular flexibility index (Phi) is 10.5. The van der Waals surface area contributed by atoms with Crippen LogP contribution in [0.25, 0.3) is 0 Å². The summed E-state index contributed by atoms with van der Waals surface area (Å²) in [7, 11) is 5.76. The van der Waals surface area contributed by atoms with Gasteiger partial charge in [-0.3, -0.25) is 4.99 Å². The van der Waals surface area contributed by atoms with E-state index >= 15 is 0 Å². The van der Waals surface area contributed by atoms with E-state index in [4.69, 9.17) is 9.47 Å². The quantitative estimate of drug-likeness (QED) is 0.349.